The molecule has 0 aromatic carbocycles. The number of aliphatic hydroxyl groups excluding tert-OH is 2. The summed E-state index contributed by atoms with van der Waals surface area (Å²) in [5.74, 6) is -0.865. The Labute approximate surface area is 111 Å². The van der Waals surface area contributed by atoms with Crippen LogP contribution in [0.4, 0.5) is 0 Å². The number of hydrogen-bond acceptors (Lipinski definition) is 6. The maximum absolute atomic E-state index is 11.6. The SMILES string of the molecule is CC(=O)N[C@@H]1C(O)O[C@H](C)[C@@H](NC(=O)[C@@H](C)N)[C@@H]1O. The third-order valence-corrected chi connectivity index (χ3v) is 3.00. The smallest absolute Gasteiger partial charge is 0.237 e. The molecule has 19 heavy (non-hydrogen) atoms. The van der Waals surface area contributed by atoms with E-state index >= 15 is 0 Å². The zero-order valence-electron chi connectivity index (χ0n) is 11.2. The molecule has 1 heterocycles. The standard InChI is InChI=1S/C11H21N3O5/c1-4(12)10(17)14-7-5(2)19-11(18)8(9(7)16)13-6(3)15/h4-5,7-9,11,16,18H,12H2,1-3H3,(H,13,15)(H,14,17)/t4-,5-,7-,8+,9+,11?/m1/s1. The summed E-state index contributed by atoms with van der Waals surface area (Å²) in [4.78, 5) is 22.6. The Kier molecular flexibility index (Phi) is 5.24. The van der Waals surface area contributed by atoms with Crippen molar-refractivity contribution in [2.75, 3.05) is 0 Å². The summed E-state index contributed by atoms with van der Waals surface area (Å²) in [6.45, 7) is 4.37. The summed E-state index contributed by atoms with van der Waals surface area (Å²) in [5, 5.41) is 24.8. The fourth-order valence-corrected chi connectivity index (χ4v) is 1.95. The Bertz CT molecular complexity index is 349. The van der Waals surface area contributed by atoms with Crippen LogP contribution in [0.1, 0.15) is 20.8 Å². The molecular weight excluding hydrogens is 254 g/mol. The first kappa shape index (κ1) is 15.8. The van der Waals surface area contributed by atoms with Crippen LogP contribution in [-0.4, -0.2) is 58.7 Å². The van der Waals surface area contributed by atoms with Gasteiger partial charge in [-0.3, -0.25) is 9.59 Å². The quantitative estimate of drug-likeness (QED) is 0.384. The van der Waals surface area contributed by atoms with Crippen LogP contribution in [-0.2, 0) is 14.3 Å². The van der Waals surface area contributed by atoms with Gasteiger partial charge in [0, 0.05) is 6.92 Å². The molecule has 6 N–H and O–H groups in total. The van der Waals surface area contributed by atoms with Gasteiger partial charge in [-0.15, -0.1) is 0 Å². The summed E-state index contributed by atoms with van der Waals surface area (Å²) < 4.78 is 5.19. The average Bonchev–Trinajstić information content (AvgIpc) is 2.29. The molecule has 6 atom stereocenters. The van der Waals surface area contributed by atoms with Crippen LogP contribution in [0.5, 0.6) is 0 Å². The average molecular weight is 275 g/mol. The van der Waals surface area contributed by atoms with E-state index in [1.807, 2.05) is 0 Å². The third-order valence-electron chi connectivity index (χ3n) is 3.00. The molecule has 1 aliphatic heterocycles. The van der Waals surface area contributed by atoms with E-state index in [1.54, 1.807) is 6.92 Å². The number of aliphatic hydroxyl groups is 2. The van der Waals surface area contributed by atoms with Gasteiger partial charge in [0.1, 0.15) is 12.1 Å². The maximum atomic E-state index is 11.6. The highest BCUT2D eigenvalue weighted by atomic mass is 16.6. The maximum Gasteiger partial charge on any atom is 0.237 e. The molecule has 0 bridgehead atoms. The van der Waals surface area contributed by atoms with E-state index in [4.69, 9.17) is 10.5 Å². The second kappa shape index (κ2) is 6.29. The van der Waals surface area contributed by atoms with Crippen molar-refractivity contribution in [2.24, 2.45) is 5.73 Å². The molecule has 1 saturated heterocycles. The minimum Gasteiger partial charge on any atom is -0.389 e. The fourth-order valence-electron chi connectivity index (χ4n) is 1.95. The molecule has 1 fully saturated rings. The largest absolute Gasteiger partial charge is 0.389 e. The molecular formula is C11H21N3O5. The summed E-state index contributed by atoms with van der Waals surface area (Å²) in [7, 11) is 0. The minimum atomic E-state index is -1.34. The molecule has 2 amide bonds. The highest BCUT2D eigenvalue weighted by Gasteiger charge is 2.44. The molecule has 1 unspecified atom stereocenters. The molecule has 0 spiro atoms. The van der Waals surface area contributed by atoms with E-state index in [0.717, 1.165) is 0 Å². The number of ether oxygens (including phenoxy) is 1. The lowest BCUT2D eigenvalue weighted by molar-refractivity contribution is -0.214. The van der Waals surface area contributed by atoms with Crippen LogP contribution in [0.2, 0.25) is 0 Å². The Morgan fingerprint density at radius 1 is 1.26 bits per heavy atom. The Morgan fingerprint density at radius 3 is 2.32 bits per heavy atom. The first-order valence-corrected chi connectivity index (χ1v) is 6.08. The molecule has 1 aliphatic rings. The van der Waals surface area contributed by atoms with Crippen molar-refractivity contribution in [3.8, 4) is 0 Å². The van der Waals surface area contributed by atoms with Crippen LogP contribution in [0.25, 0.3) is 0 Å². The van der Waals surface area contributed by atoms with Gasteiger partial charge in [0.05, 0.1) is 18.2 Å². The van der Waals surface area contributed by atoms with E-state index in [-0.39, 0.29) is 0 Å². The number of hydrogen-bond donors (Lipinski definition) is 5. The van der Waals surface area contributed by atoms with Crippen molar-refractivity contribution < 1.29 is 24.5 Å². The lowest BCUT2D eigenvalue weighted by atomic mass is 9.94. The molecule has 0 aromatic heterocycles. The molecule has 1 rings (SSSR count). The summed E-state index contributed by atoms with van der Waals surface area (Å²) in [5.41, 5.74) is 5.43. The van der Waals surface area contributed by atoms with Gasteiger partial charge in [-0.25, -0.2) is 0 Å². The number of nitrogens with two attached hydrogens (primary N) is 1. The van der Waals surface area contributed by atoms with Crippen LogP contribution >= 0.6 is 0 Å². The van der Waals surface area contributed by atoms with Crippen LogP contribution in [0.3, 0.4) is 0 Å². The Morgan fingerprint density at radius 2 is 1.84 bits per heavy atom. The number of amides is 2. The predicted octanol–water partition coefficient (Wildman–Crippen LogP) is -2.58. The molecule has 0 saturated carbocycles. The Hall–Kier alpha value is -1.22. The zero-order valence-corrected chi connectivity index (χ0v) is 11.2. The van der Waals surface area contributed by atoms with Gasteiger partial charge < -0.3 is 31.3 Å². The van der Waals surface area contributed by atoms with E-state index in [9.17, 15) is 19.8 Å². The molecule has 110 valence electrons. The van der Waals surface area contributed by atoms with E-state index in [2.05, 4.69) is 10.6 Å². The number of nitrogens with one attached hydrogen (secondary N) is 2. The monoisotopic (exact) mass is 275 g/mol. The van der Waals surface area contributed by atoms with Gasteiger partial charge in [0.15, 0.2) is 6.29 Å². The fraction of sp³-hybridized carbons (Fsp3) is 0.818. The second-order valence-electron chi connectivity index (χ2n) is 4.77. The number of carbonyl (C=O) groups excluding carboxylic acids is 2. The van der Waals surface area contributed by atoms with Crippen molar-refractivity contribution in [3.05, 3.63) is 0 Å². The normalized spacial score (nSPS) is 36.4. The minimum absolute atomic E-state index is 0.418. The highest BCUT2D eigenvalue weighted by molar-refractivity contribution is 5.81. The first-order chi connectivity index (χ1) is 8.73. The molecule has 0 aromatic rings. The third kappa shape index (κ3) is 3.87. The van der Waals surface area contributed by atoms with Crippen molar-refractivity contribution in [3.63, 3.8) is 0 Å². The van der Waals surface area contributed by atoms with Gasteiger partial charge in [-0.2, -0.15) is 0 Å². The highest BCUT2D eigenvalue weighted by Crippen LogP contribution is 2.19. The van der Waals surface area contributed by atoms with E-state index in [1.165, 1.54) is 13.8 Å². The van der Waals surface area contributed by atoms with Gasteiger partial charge in [0.2, 0.25) is 11.8 Å². The van der Waals surface area contributed by atoms with Crippen LogP contribution in [0, 0.1) is 0 Å². The number of carbonyl (C=O) groups is 2. The first-order valence-electron chi connectivity index (χ1n) is 6.08. The molecule has 0 radical (unpaired) electrons. The zero-order chi connectivity index (χ0) is 14.7. The predicted molar refractivity (Wildman–Crippen MR) is 65.7 cm³/mol. The lowest BCUT2D eigenvalue weighted by Gasteiger charge is -2.42. The molecule has 0 aliphatic carbocycles. The lowest BCUT2D eigenvalue weighted by Crippen LogP contribution is -2.67. The molecule has 8 heteroatoms. The van der Waals surface area contributed by atoms with Gasteiger partial charge in [-0.1, -0.05) is 0 Å². The van der Waals surface area contributed by atoms with Gasteiger partial charge >= 0.3 is 0 Å². The van der Waals surface area contributed by atoms with Crippen molar-refractivity contribution in [1.29, 1.82) is 0 Å². The summed E-state index contributed by atoms with van der Waals surface area (Å²) in [6, 6.07) is -2.50. The summed E-state index contributed by atoms with van der Waals surface area (Å²) >= 11 is 0. The molecule has 8 nitrogen and oxygen atoms in total. The van der Waals surface area contributed by atoms with Gasteiger partial charge in [0.25, 0.3) is 0 Å². The van der Waals surface area contributed by atoms with Crippen LogP contribution in [0.15, 0.2) is 0 Å². The van der Waals surface area contributed by atoms with Crippen molar-refractivity contribution >= 4 is 11.8 Å². The van der Waals surface area contributed by atoms with E-state index < -0.39 is 48.4 Å². The summed E-state index contributed by atoms with van der Waals surface area (Å²) in [6.07, 6.45) is -3.12. The Balaban J connectivity index is 2.79. The van der Waals surface area contributed by atoms with Crippen LogP contribution < -0.4 is 16.4 Å². The number of rotatable bonds is 3. The second-order valence-corrected chi connectivity index (χ2v) is 4.77. The van der Waals surface area contributed by atoms with E-state index in [0.29, 0.717) is 0 Å². The van der Waals surface area contributed by atoms with Crippen molar-refractivity contribution in [2.45, 2.75) is 57.4 Å². The van der Waals surface area contributed by atoms with Gasteiger partial charge in [-0.05, 0) is 13.8 Å². The topological polar surface area (TPSA) is 134 Å². The van der Waals surface area contributed by atoms with Crippen molar-refractivity contribution in [1.82, 2.24) is 10.6 Å².